The molecule has 0 saturated carbocycles. The zero-order valence-electron chi connectivity index (χ0n) is 55.0. The molecule has 1 amide bonds. The molecular formula is C73H137NO10. The Labute approximate surface area is 517 Å². The molecule has 1 fully saturated rings. The topological polar surface area (TPSA) is 175 Å². The van der Waals surface area contributed by atoms with Crippen molar-refractivity contribution in [3.05, 3.63) is 36.5 Å². The Morgan fingerprint density at radius 1 is 0.452 bits per heavy atom. The predicted octanol–water partition coefficient (Wildman–Crippen LogP) is 18.6. The Bertz CT molecular complexity index is 1510. The molecule has 1 rings (SSSR count). The van der Waals surface area contributed by atoms with E-state index >= 15 is 0 Å². The largest absolute Gasteiger partial charge is 0.454 e. The third-order valence-corrected chi connectivity index (χ3v) is 17.3. The number of aliphatic hydroxyl groups excluding tert-OH is 5. The van der Waals surface area contributed by atoms with E-state index in [2.05, 4.69) is 50.4 Å². The summed E-state index contributed by atoms with van der Waals surface area (Å²) in [5, 5.41) is 57.3. The molecule has 0 spiro atoms. The molecule has 0 radical (unpaired) electrons. The number of carbonyl (C=O) groups excluding carboxylic acids is 2. The van der Waals surface area contributed by atoms with Crippen molar-refractivity contribution >= 4 is 11.9 Å². The standard InChI is InChI=1S/C73H137NO10/c1-4-7-10-13-16-19-22-25-27-29-31-32-33-34-35-37-38-40-42-45-48-51-54-57-60-66(77)72(81)74-64(65(76)59-56-53-50-47-44-24-21-18-15-12-9-6-3)63-82-73-71(70(80)69(79)67(62-75)83-73)84-68(78)61-58-55-52-49-46-43-41-39-36-30-28-26-23-20-17-14-11-8-5-2/h25-28,56,59,64-67,69-71,73,75-77,79-80H,4-24,29-55,57-58,60-63H2,1-3H3,(H,74,81)/b27-25+,28-26+,59-56+. The number of ether oxygens (including phenoxy) is 3. The molecule has 0 aliphatic carbocycles. The van der Waals surface area contributed by atoms with Gasteiger partial charge in [-0.25, -0.2) is 0 Å². The number of esters is 1. The Balaban J connectivity index is 2.56. The zero-order chi connectivity index (χ0) is 61.0. The Hall–Kier alpha value is -2.12. The van der Waals surface area contributed by atoms with Crippen molar-refractivity contribution in [2.75, 3.05) is 13.2 Å². The molecule has 11 heteroatoms. The molecule has 8 atom stereocenters. The third-order valence-electron chi connectivity index (χ3n) is 17.3. The van der Waals surface area contributed by atoms with Gasteiger partial charge in [0.2, 0.25) is 5.91 Å². The van der Waals surface area contributed by atoms with Gasteiger partial charge in [0.05, 0.1) is 25.4 Å². The van der Waals surface area contributed by atoms with Crippen LogP contribution in [-0.4, -0.2) is 99.6 Å². The van der Waals surface area contributed by atoms with Crippen LogP contribution in [0.5, 0.6) is 0 Å². The van der Waals surface area contributed by atoms with Crippen LogP contribution in [0, 0.1) is 0 Å². The summed E-state index contributed by atoms with van der Waals surface area (Å²) < 4.78 is 17.7. The van der Waals surface area contributed by atoms with Crippen LogP contribution in [0.4, 0.5) is 0 Å². The lowest BCUT2D eigenvalue weighted by molar-refractivity contribution is -0.305. The molecule has 11 nitrogen and oxygen atoms in total. The number of nitrogens with one attached hydrogen (secondary N) is 1. The average Bonchev–Trinajstić information content (AvgIpc) is 3.54. The van der Waals surface area contributed by atoms with E-state index in [4.69, 9.17) is 14.2 Å². The molecule has 0 aromatic heterocycles. The van der Waals surface area contributed by atoms with E-state index in [1.807, 2.05) is 6.08 Å². The van der Waals surface area contributed by atoms with Crippen LogP contribution in [0.15, 0.2) is 36.5 Å². The summed E-state index contributed by atoms with van der Waals surface area (Å²) in [4.78, 5) is 26.7. The molecule has 8 unspecified atom stereocenters. The molecule has 1 saturated heterocycles. The monoisotopic (exact) mass is 1190 g/mol. The molecule has 0 bridgehead atoms. The highest BCUT2D eigenvalue weighted by Crippen LogP contribution is 2.26. The van der Waals surface area contributed by atoms with E-state index in [1.165, 1.54) is 250 Å². The molecule has 494 valence electrons. The lowest BCUT2D eigenvalue weighted by atomic mass is 9.99. The van der Waals surface area contributed by atoms with Gasteiger partial charge in [-0.05, 0) is 77.0 Å². The minimum Gasteiger partial charge on any atom is -0.454 e. The van der Waals surface area contributed by atoms with E-state index < -0.39 is 67.4 Å². The van der Waals surface area contributed by atoms with Crippen molar-refractivity contribution in [1.82, 2.24) is 5.32 Å². The molecule has 0 aromatic carbocycles. The minimum absolute atomic E-state index is 0.124. The van der Waals surface area contributed by atoms with Crippen molar-refractivity contribution in [3.8, 4) is 0 Å². The van der Waals surface area contributed by atoms with Crippen LogP contribution in [0.1, 0.15) is 355 Å². The van der Waals surface area contributed by atoms with E-state index in [-0.39, 0.29) is 13.0 Å². The summed E-state index contributed by atoms with van der Waals surface area (Å²) in [6.45, 7) is 5.83. The highest BCUT2D eigenvalue weighted by molar-refractivity contribution is 5.80. The zero-order valence-corrected chi connectivity index (χ0v) is 55.0. The molecular weight excluding hydrogens is 1050 g/mol. The highest BCUT2D eigenvalue weighted by atomic mass is 16.7. The molecule has 0 aromatic rings. The maximum Gasteiger partial charge on any atom is 0.306 e. The van der Waals surface area contributed by atoms with Gasteiger partial charge >= 0.3 is 5.97 Å². The fourth-order valence-corrected chi connectivity index (χ4v) is 11.5. The summed E-state index contributed by atoms with van der Waals surface area (Å²) in [6.07, 6.45) is 64.7. The number of hydrogen-bond acceptors (Lipinski definition) is 10. The quantitative estimate of drug-likeness (QED) is 0.0195. The number of rotatable bonds is 63. The summed E-state index contributed by atoms with van der Waals surface area (Å²) in [5.41, 5.74) is 0. The third kappa shape index (κ3) is 47.9. The lowest BCUT2D eigenvalue weighted by Crippen LogP contribution is -2.61. The van der Waals surface area contributed by atoms with Crippen LogP contribution in [0.25, 0.3) is 0 Å². The molecule has 1 aliphatic rings. The van der Waals surface area contributed by atoms with Crippen molar-refractivity contribution in [2.24, 2.45) is 0 Å². The fraction of sp³-hybridized carbons (Fsp3) is 0.890. The van der Waals surface area contributed by atoms with Crippen molar-refractivity contribution < 1.29 is 49.3 Å². The number of aliphatic hydroxyl groups is 5. The van der Waals surface area contributed by atoms with Gasteiger partial charge in [0, 0.05) is 6.42 Å². The number of unbranched alkanes of at least 4 members (excludes halogenated alkanes) is 45. The normalized spacial score (nSPS) is 18.6. The van der Waals surface area contributed by atoms with E-state index in [0.717, 1.165) is 57.8 Å². The van der Waals surface area contributed by atoms with Gasteiger partial charge in [-0.3, -0.25) is 9.59 Å². The maximum absolute atomic E-state index is 13.5. The smallest absolute Gasteiger partial charge is 0.306 e. The lowest BCUT2D eigenvalue weighted by Gasteiger charge is -2.41. The molecule has 1 heterocycles. The van der Waals surface area contributed by atoms with Gasteiger partial charge in [-0.2, -0.15) is 0 Å². The molecule has 1 aliphatic heterocycles. The second-order valence-electron chi connectivity index (χ2n) is 25.3. The van der Waals surface area contributed by atoms with Crippen molar-refractivity contribution in [3.63, 3.8) is 0 Å². The first-order chi connectivity index (χ1) is 41.2. The van der Waals surface area contributed by atoms with Gasteiger partial charge < -0.3 is 45.1 Å². The van der Waals surface area contributed by atoms with Gasteiger partial charge in [-0.15, -0.1) is 0 Å². The summed E-state index contributed by atoms with van der Waals surface area (Å²) in [7, 11) is 0. The summed E-state index contributed by atoms with van der Waals surface area (Å²) >= 11 is 0. The number of amides is 1. The Morgan fingerprint density at radius 3 is 1.15 bits per heavy atom. The van der Waals surface area contributed by atoms with Crippen LogP contribution in [0.3, 0.4) is 0 Å². The summed E-state index contributed by atoms with van der Waals surface area (Å²) in [5.74, 6) is -1.18. The van der Waals surface area contributed by atoms with Crippen molar-refractivity contribution in [1.29, 1.82) is 0 Å². The van der Waals surface area contributed by atoms with Gasteiger partial charge in [0.25, 0.3) is 0 Å². The Kier molecular flexibility index (Phi) is 58.1. The van der Waals surface area contributed by atoms with Gasteiger partial charge in [-0.1, -0.05) is 308 Å². The first-order valence-electron chi connectivity index (χ1n) is 36.3. The van der Waals surface area contributed by atoms with Gasteiger partial charge in [0.1, 0.15) is 24.4 Å². The van der Waals surface area contributed by atoms with Crippen LogP contribution >= 0.6 is 0 Å². The number of allylic oxidation sites excluding steroid dienone is 5. The second-order valence-corrected chi connectivity index (χ2v) is 25.3. The van der Waals surface area contributed by atoms with E-state index in [1.54, 1.807) is 6.08 Å². The first kappa shape index (κ1) is 79.9. The van der Waals surface area contributed by atoms with E-state index in [0.29, 0.717) is 19.3 Å². The number of carbonyl (C=O) groups is 2. The molecule has 84 heavy (non-hydrogen) atoms. The Morgan fingerprint density at radius 2 is 0.786 bits per heavy atom. The minimum atomic E-state index is -1.61. The van der Waals surface area contributed by atoms with Crippen LogP contribution < -0.4 is 5.32 Å². The fourth-order valence-electron chi connectivity index (χ4n) is 11.5. The van der Waals surface area contributed by atoms with Gasteiger partial charge in [0.15, 0.2) is 12.4 Å². The average molecular weight is 1190 g/mol. The summed E-state index contributed by atoms with van der Waals surface area (Å²) in [6, 6.07) is -1.02. The maximum atomic E-state index is 13.5. The predicted molar refractivity (Wildman–Crippen MR) is 352 cm³/mol. The second kappa shape index (κ2) is 61.1. The highest BCUT2D eigenvalue weighted by Gasteiger charge is 2.47. The van der Waals surface area contributed by atoms with Crippen molar-refractivity contribution in [2.45, 2.75) is 404 Å². The first-order valence-corrected chi connectivity index (χ1v) is 36.3. The van der Waals surface area contributed by atoms with Crippen LogP contribution in [0.2, 0.25) is 0 Å². The van der Waals surface area contributed by atoms with Crippen LogP contribution in [-0.2, 0) is 23.8 Å². The number of hydrogen-bond donors (Lipinski definition) is 6. The SMILES string of the molecule is CCCCCCCC/C=C/CCCCCCCCCCCCCCCCC(O)C(=O)NC(COC1OC(CO)C(O)C(O)C1OC(=O)CCCCCCCCCCC/C=C/CCCCCCCC)C(O)/C=C/CCCCCCCCCCCC. The molecule has 6 N–H and O–H groups in total. The van der Waals surface area contributed by atoms with E-state index in [9.17, 15) is 35.1 Å².